The fourth-order valence-electron chi connectivity index (χ4n) is 0.382. The summed E-state index contributed by atoms with van der Waals surface area (Å²) in [5.41, 5.74) is -0.974. The first kappa shape index (κ1) is 10.4. The van der Waals surface area contributed by atoms with Crippen LogP contribution in [-0.4, -0.2) is 12.6 Å². The smallest absolute Gasteiger partial charge is 0.210 e. The minimum atomic E-state index is -4.48. The van der Waals surface area contributed by atoms with Crippen molar-refractivity contribution in [1.29, 1.82) is 0 Å². The molecule has 0 nitrogen and oxygen atoms in total. The number of alkyl halides is 5. The van der Waals surface area contributed by atoms with Crippen molar-refractivity contribution in [2.24, 2.45) is 0 Å². The zero-order valence-electron chi connectivity index (χ0n) is 5.75. The third-order valence-corrected chi connectivity index (χ3v) is 1.05. The molecule has 0 aromatic rings. The van der Waals surface area contributed by atoms with Gasteiger partial charge in [0.25, 0.3) is 0 Å². The molecule has 0 amide bonds. The van der Waals surface area contributed by atoms with Crippen molar-refractivity contribution in [3.05, 3.63) is 11.6 Å². The zero-order valence-corrected chi connectivity index (χ0v) is 5.75. The molecule has 0 saturated carbocycles. The molecule has 0 aliphatic heterocycles. The molecule has 0 aliphatic rings. The van der Waals surface area contributed by atoms with Gasteiger partial charge in [0, 0.05) is 12.0 Å². The normalized spacial score (nSPS) is 14.3. The summed E-state index contributed by atoms with van der Waals surface area (Å²) in [6.07, 6.45) is -7.54. The summed E-state index contributed by atoms with van der Waals surface area (Å²) >= 11 is 0. The van der Waals surface area contributed by atoms with Gasteiger partial charge in [0.15, 0.2) is 0 Å². The highest BCUT2D eigenvalue weighted by Gasteiger charge is 2.29. The summed E-state index contributed by atoms with van der Waals surface area (Å²) in [6.45, 7) is 0.766. The Morgan fingerprint density at radius 3 is 2.09 bits per heavy atom. The van der Waals surface area contributed by atoms with Gasteiger partial charge < -0.3 is 0 Å². The van der Waals surface area contributed by atoms with Crippen LogP contribution in [0.3, 0.4) is 0 Å². The molecule has 0 saturated heterocycles. The standard InChI is InChI=1S/C6H7F5/c1-4(6(9,10)11)2-3-5(7)8/h2,5H,3H2,1H3/b4-2-. The van der Waals surface area contributed by atoms with Crippen molar-refractivity contribution in [3.8, 4) is 0 Å². The average Bonchev–Trinajstić information content (AvgIpc) is 1.80. The molecule has 0 aromatic carbocycles. The zero-order chi connectivity index (χ0) is 9.07. The van der Waals surface area contributed by atoms with Crippen molar-refractivity contribution in [3.63, 3.8) is 0 Å². The van der Waals surface area contributed by atoms with E-state index in [-0.39, 0.29) is 0 Å². The van der Waals surface area contributed by atoms with Gasteiger partial charge in [0.05, 0.1) is 0 Å². The van der Waals surface area contributed by atoms with E-state index in [0.29, 0.717) is 6.08 Å². The van der Waals surface area contributed by atoms with Crippen LogP contribution >= 0.6 is 0 Å². The van der Waals surface area contributed by atoms with E-state index in [2.05, 4.69) is 0 Å². The third-order valence-electron chi connectivity index (χ3n) is 1.05. The Bertz CT molecular complexity index is 144. The highest BCUT2D eigenvalue weighted by Crippen LogP contribution is 2.25. The lowest BCUT2D eigenvalue weighted by Crippen LogP contribution is -2.09. The molecule has 0 aliphatic carbocycles. The maximum atomic E-state index is 11.6. The van der Waals surface area contributed by atoms with E-state index in [1.807, 2.05) is 0 Å². The topological polar surface area (TPSA) is 0 Å². The van der Waals surface area contributed by atoms with Gasteiger partial charge in [-0.15, -0.1) is 0 Å². The molecule has 5 heteroatoms. The molecule has 0 N–H and O–H groups in total. The van der Waals surface area contributed by atoms with Gasteiger partial charge >= 0.3 is 6.18 Å². The quantitative estimate of drug-likeness (QED) is 0.445. The van der Waals surface area contributed by atoms with E-state index in [1.165, 1.54) is 0 Å². The van der Waals surface area contributed by atoms with E-state index < -0.39 is 24.6 Å². The van der Waals surface area contributed by atoms with Crippen LogP contribution in [0.5, 0.6) is 0 Å². The van der Waals surface area contributed by atoms with Gasteiger partial charge in [-0.05, 0) is 6.92 Å². The van der Waals surface area contributed by atoms with Gasteiger partial charge in [-0.2, -0.15) is 13.2 Å². The Balaban J connectivity index is 4.02. The third kappa shape index (κ3) is 4.75. The highest BCUT2D eigenvalue weighted by atomic mass is 19.4. The summed E-state index contributed by atoms with van der Waals surface area (Å²) in [4.78, 5) is 0. The molecule has 0 fully saturated rings. The van der Waals surface area contributed by atoms with Crippen LogP contribution in [0.4, 0.5) is 22.0 Å². The summed E-state index contributed by atoms with van der Waals surface area (Å²) in [5, 5.41) is 0. The van der Waals surface area contributed by atoms with Gasteiger partial charge in [-0.3, -0.25) is 0 Å². The van der Waals surface area contributed by atoms with Crippen LogP contribution in [0, 0.1) is 0 Å². The van der Waals surface area contributed by atoms with E-state index in [1.54, 1.807) is 0 Å². The Morgan fingerprint density at radius 2 is 1.82 bits per heavy atom. The Kier molecular flexibility index (Phi) is 3.48. The fourth-order valence-corrected chi connectivity index (χ4v) is 0.382. The lowest BCUT2D eigenvalue weighted by molar-refractivity contribution is -0.0917. The minimum absolute atomic E-state index is 0.491. The predicted octanol–water partition coefficient (Wildman–Crippen LogP) is 3.15. The maximum absolute atomic E-state index is 11.6. The molecular weight excluding hydrogens is 167 g/mol. The Morgan fingerprint density at radius 1 is 1.36 bits per heavy atom. The van der Waals surface area contributed by atoms with E-state index >= 15 is 0 Å². The summed E-state index contributed by atoms with van der Waals surface area (Å²) < 4.78 is 57.5. The molecule has 0 radical (unpaired) electrons. The van der Waals surface area contributed by atoms with Gasteiger partial charge in [-0.1, -0.05) is 6.08 Å². The molecule has 0 unspecified atom stereocenters. The van der Waals surface area contributed by atoms with E-state index in [9.17, 15) is 22.0 Å². The second kappa shape index (κ2) is 3.69. The van der Waals surface area contributed by atoms with Crippen molar-refractivity contribution < 1.29 is 22.0 Å². The van der Waals surface area contributed by atoms with E-state index in [0.717, 1.165) is 6.92 Å². The van der Waals surface area contributed by atoms with Crippen molar-refractivity contribution >= 4 is 0 Å². The lowest BCUT2D eigenvalue weighted by Gasteiger charge is -2.05. The molecule has 0 bridgehead atoms. The van der Waals surface area contributed by atoms with Gasteiger partial charge in [0.2, 0.25) is 6.43 Å². The molecule has 0 spiro atoms. The SMILES string of the molecule is C/C(=C/CC(F)F)C(F)(F)F. The molecular formula is C6H7F5. The number of allylic oxidation sites excluding steroid dienone is 2. The van der Waals surface area contributed by atoms with Crippen molar-refractivity contribution in [2.75, 3.05) is 0 Å². The van der Waals surface area contributed by atoms with Gasteiger partial charge in [-0.25, -0.2) is 8.78 Å². The maximum Gasteiger partial charge on any atom is 0.412 e. The number of hydrogen-bond donors (Lipinski definition) is 0. The van der Waals surface area contributed by atoms with Crippen LogP contribution in [0.15, 0.2) is 11.6 Å². The largest absolute Gasteiger partial charge is 0.412 e. The Hall–Kier alpha value is -0.610. The molecule has 66 valence electrons. The number of halogens is 5. The Labute approximate surface area is 60.7 Å². The fraction of sp³-hybridized carbons (Fsp3) is 0.667. The van der Waals surface area contributed by atoms with Crippen LogP contribution in [0.1, 0.15) is 13.3 Å². The second-order valence-electron chi connectivity index (χ2n) is 2.01. The van der Waals surface area contributed by atoms with Crippen LogP contribution in [0.25, 0.3) is 0 Å². The van der Waals surface area contributed by atoms with Crippen molar-refractivity contribution in [1.82, 2.24) is 0 Å². The van der Waals surface area contributed by atoms with Crippen LogP contribution in [0.2, 0.25) is 0 Å². The number of rotatable bonds is 2. The minimum Gasteiger partial charge on any atom is -0.210 e. The predicted molar refractivity (Wildman–Crippen MR) is 30.4 cm³/mol. The second-order valence-corrected chi connectivity index (χ2v) is 2.01. The lowest BCUT2D eigenvalue weighted by atomic mass is 10.2. The molecule has 0 heterocycles. The summed E-state index contributed by atoms with van der Waals surface area (Å²) in [7, 11) is 0. The molecule has 11 heavy (non-hydrogen) atoms. The number of hydrogen-bond acceptors (Lipinski definition) is 0. The van der Waals surface area contributed by atoms with Crippen molar-refractivity contribution in [2.45, 2.75) is 25.9 Å². The first-order valence-corrected chi connectivity index (χ1v) is 2.86. The first-order chi connectivity index (χ1) is 4.84. The average molecular weight is 174 g/mol. The van der Waals surface area contributed by atoms with Crippen LogP contribution in [-0.2, 0) is 0 Å². The molecule has 0 rings (SSSR count). The first-order valence-electron chi connectivity index (χ1n) is 2.86. The summed E-state index contributed by atoms with van der Waals surface area (Å²) in [5.74, 6) is 0. The highest BCUT2D eigenvalue weighted by molar-refractivity contribution is 5.04. The van der Waals surface area contributed by atoms with E-state index in [4.69, 9.17) is 0 Å². The monoisotopic (exact) mass is 174 g/mol. The summed E-state index contributed by atoms with van der Waals surface area (Å²) in [6, 6.07) is 0. The molecule has 0 aromatic heterocycles. The van der Waals surface area contributed by atoms with Gasteiger partial charge in [0.1, 0.15) is 0 Å². The van der Waals surface area contributed by atoms with Crippen LogP contribution < -0.4 is 0 Å². The molecule has 0 atom stereocenters.